The molecule has 1 atom stereocenters. The molecule has 136 valence electrons. The summed E-state index contributed by atoms with van der Waals surface area (Å²) >= 11 is 0. The quantitative estimate of drug-likeness (QED) is 0.416. The molecule has 1 aromatic carbocycles. The van der Waals surface area contributed by atoms with Crippen molar-refractivity contribution >= 4 is 14.7 Å². The molecule has 1 aromatic rings. The molecule has 0 heterocycles. The summed E-state index contributed by atoms with van der Waals surface area (Å²) in [4.78, 5) is 0. The first kappa shape index (κ1) is 29.4. The molecule has 0 aliphatic heterocycles. The Morgan fingerprint density at radius 2 is 1.44 bits per heavy atom. The average molecular weight is 389 g/mol. The maximum absolute atomic E-state index is 6.94. The van der Waals surface area contributed by atoms with E-state index in [9.17, 15) is 0 Å². The van der Waals surface area contributed by atoms with Crippen molar-refractivity contribution in [2.24, 2.45) is 0 Å². The molecule has 25 heavy (non-hydrogen) atoms. The van der Waals surface area contributed by atoms with Crippen LogP contribution < -0.4 is 5.19 Å². The Bertz CT molecular complexity index is 590. The second-order valence-electron chi connectivity index (χ2n) is 7.31. The zero-order chi connectivity index (χ0) is 17.1. The number of allylic oxidation sites excluding steroid dienone is 4. The van der Waals surface area contributed by atoms with Crippen molar-refractivity contribution in [3.8, 4) is 0 Å². The van der Waals surface area contributed by atoms with E-state index in [-0.39, 0.29) is 47.1 Å². The SMILES string of the molecule is CC(C)(C)[NH-].CC1=[C-]C(C)([Si]c2ccccc2C)C(C)=C1C.[CH3-].[CH3-].[Ti+4]. The fourth-order valence-electron chi connectivity index (χ4n) is 2.33. The van der Waals surface area contributed by atoms with E-state index in [1.54, 1.807) is 0 Å². The summed E-state index contributed by atoms with van der Waals surface area (Å²) in [6.07, 6.45) is 3.66. The Kier molecular flexibility index (Phi) is 13.3. The van der Waals surface area contributed by atoms with Crippen molar-refractivity contribution in [2.45, 2.75) is 66.0 Å². The topological polar surface area (TPSA) is 23.8 Å². The van der Waals surface area contributed by atoms with Crippen LogP contribution in [0.25, 0.3) is 5.73 Å². The number of nitrogens with one attached hydrogen (secondary N) is 1. The van der Waals surface area contributed by atoms with Crippen molar-refractivity contribution < 1.29 is 21.7 Å². The van der Waals surface area contributed by atoms with E-state index in [0.717, 1.165) is 9.52 Å². The first-order chi connectivity index (χ1) is 9.94. The molecule has 0 bridgehead atoms. The van der Waals surface area contributed by atoms with E-state index in [1.807, 2.05) is 20.8 Å². The van der Waals surface area contributed by atoms with Crippen molar-refractivity contribution in [3.05, 3.63) is 73.2 Å². The predicted molar refractivity (Wildman–Crippen MR) is 113 cm³/mol. The minimum absolute atomic E-state index is 0. The van der Waals surface area contributed by atoms with Crippen molar-refractivity contribution in [3.63, 3.8) is 0 Å². The molecule has 1 aliphatic carbocycles. The van der Waals surface area contributed by atoms with Gasteiger partial charge in [-0.2, -0.15) is 11.1 Å². The molecular weight excluding hydrogens is 354 g/mol. The van der Waals surface area contributed by atoms with Crippen molar-refractivity contribution in [1.82, 2.24) is 0 Å². The molecule has 1 nitrogen and oxygen atoms in total. The summed E-state index contributed by atoms with van der Waals surface area (Å²) < 4.78 is 0. The number of benzene rings is 1. The van der Waals surface area contributed by atoms with Gasteiger partial charge in [0.2, 0.25) is 0 Å². The third kappa shape index (κ3) is 9.19. The number of aryl methyl sites for hydroxylation is 1. The Morgan fingerprint density at radius 3 is 1.80 bits per heavy atom. The van der Waals surface area contributed by atoms with E-state index in [0.29, 0.717) is 0 Å². The van der Waals surface area contributed by atoms with Crippen molar-refractivity contribution in [2.75, 3.05) is 0 Å². The van der Waals surface area contributed by atoms with E-state index in [2.05, 4.69) is 65.0 Å². The molecule has 1 aliphatic rings. The molecule has 1 unspecified atom stereocenters. The molecule has 2 rings (SSSR count). The van der Waals surface area contributed by atoms with Crippen molar-refractivity contribution in [1.29, 1.82) is 0 Å². The van der Waals surface area contributed by atoms with Crippen LogP contribution in [0.2, 0.25) is 5.04 Å². The molecule has 0 saturated carbocycles. The summed E-state index contributed by atoms with van der Waals surface area (Å²) in [5.41, 5.74) is 12.3. The standard InChI is InChI=1S/C16H19Si.C4H10N.2CH3.Ti/c1-11-8-6-7-9-15(11)17-16(5)10-12(2)13(3)14(16)4;1-4(2,3)5;;;/h6-9H,1-5H3;5H,1-3H3;2*1H3;/q4*-1;+4. The van der Waals surface area contributed by atoms with Gasteiger partial charge in [0, 0.05) is 0 Å². The van der Waals surface area contributed by atoms with Gasteiger partial charge >= 0.3 is 21.7 Å². The molecule has 0 aromatic heterocycles. The monoisotopic (exact) mass is 389 g/mol. The van der Waals surface area contributed by atoms with Crippen LogP contribution in [0.15, 0.2) is 41.0 Å². The maximum Gasteiger partial charge on any atom is 4.00 e. The minimum atomic E-state index is -0.250. The fraction of sp³-hybridized carbons (Fsp3) is 0.455. The summed E-state index contributed by atoms with van der Waals surface area (Å²) in [5, 5.41) is 1.57. The summed E-state index contributed by atoms with van der Waals surface area (Å²) in [5.74, 6) is 0. The van der Waals surface area contributed by atoms with Gasteiger partial charge < -0.3 is 20.6 Å². The zero-order valence-corrected chi connectivity index (χ0v) is 20.4. The van der Waals surface area contributed by atoms with Gasteiger partial charge in [-0.25, -0.2) is 5.57 Å². The largest absolute Gasteiger partial charge is 4.00 e. The number of rotatable bonds is 2. The Labute approximate surface area is 175 Å². The smallest absolute Gasteiger partial charge is 0.673 e. The first-order valence-electron chi connectivity index (χ1n) is 7.83. The molecular formula is C22H35NSiTi. The van der Waals surface area contributed by atoms with Crippen LogP contribution in [-0.4, -0.2) is 15.1 Å². The van der Waals surface area contributed by atoms with Crippen LogP contribution in [0.1, 0.15) is 54.0 Å². The van der Waals surface area contributed by atoms with Gasteiger partial charge in [-0.3, -0.25) is 6.08 Å². The van der Waals surface area contributed by atoms with Crippen LogP contribution in [0.4, 0.5) is 0 Å². The third-order valence-electron chi connectivity index (χ3n) is 3.84. The Balaban J connectivity index is -0.000000539. The minimum Gasteiger partial charge on any atom is -0.673 e. The summed E-state index contributed by atoms with van der Waals surface area (Å²) in [6, 6.07) is 8.69. The Morgan fingerprint density at radius 1 is 1.00 bits per heavy atom. The number of hydrogen-bond acceptors (Lipinski definition) is 0. The van der Waals surface area contributed by atoms with Crippen LogP contribution in [-0.2, 0) is 21.7 Å². The van der Waals surface area contributed by atoms with Gasteiger partial charge in [-0.1, -0.05) is 81.6 Å². The van der Waals surface area contributed by atoms with Gasteiger partial charge in [0.25, 0.3) is 0 Å². The van der Waals surface area contributed by atoms with E-state index >= 15 is 0 Å². The van der Waals surface area contributed by atoms with E-state index < -0.39 is 0 Å². The predicted octanol–water partition coefficient (Wildman–Crippen LogP) is 6.34. The zero-order valence-electron chi connectivity index (χ0n) is 17.8. The van der Waals surface area contributed by atoms with Gasteiger partial charge in [-0.15, -0.1) is 12.5 Å². The maximum atomic E-state index is 6.94. The van der Waals surface area contributed by atoms with E-state index in [1.165, 1.54) is 27.5 Å². The fourth-order valence-corrected chi connectivity index (χ4v) is 3.95. The van der Waals surface area contributed by atoms with Gasteiger partial charge in [0.1, 0.15) is 0 Å². The molecule has 3 heteroatoms. The number of hydrogen-bond donors (Lipinski definition) is 0. The average Bonchev–Trinajstić information content (AvgIpc) is 2.55. The second kappa shape index (κ2) is 11.3. The normalized spacial score (nSPS) is 18.8. The second-order valence-corrected chi connectivity index (χ2v) is 9.10. The molecule has 0 spiro atoms. The molecule has 0 fully saturated rings. The van der Waals surface area contributed by atoms with Gasteiger partial charge in [0.15, 0.2) is 0 Å². The van der Waals surface area contributed by atoms with Crippen LogP contribution in [0, 0.1) is 27.9 Å². The first-order valence-corrected chi connectivity index (χ1v) is 8.83. The third-order valence-corrected chi connectivity index (χ3v) is 5.67. The summed E-state index contributed by atoms with van der Waals surface area (Å²) in [7, 11) is 0.772. The van der Waals surface area contributed by atoms with E-state index in [4.69, 9.17) is 5.73 Å². The molecule has 1 N–H and O–H groups in total. The molecule has 0 saturated heterocycles. The van der Waals surface area contributed by atoms with Crippen LogP contribution in [0.3, 0.4) is 0 Å². The molecule has 0 amide bonds. The van der Waals surface area contributed by atoms with Crippen LogP contribution >= 0.6 is 0 Å². The van der Waals surface area contributed by atoms with Crippen LogP contribution in [0.5, 0.6) is 0 Å². The Hall–Kier alpha value is -0.409. The molecule has 2 radical (unpaired) electrons. The summed E-state index contributed by atoms with van der Waals surface area (Å²) in [6.45, 7) is 16.7. The van der Waals surface area contributed by atoms with Gasteiger partial charge in [0.05, 0.1) is 9.52 Å². The van der Waals surface area contributed by atoms with Gasteiger partial charge in [-0.05, 0) is 6.92 Å².